The number of hydrogen-bond donors (Lipinski definition) is 2. The fraction of sp³-hybridized carbons (Fsp3) is 0.125. The highest BCUT2D eigenvalue weighted by molar-refractivity contribution is 8.00. The van der Waals surface area contributed by atoms with E-state index in [0.717, 1.165) is 4.34 Å². The molecule has 0 unspecified atom stereocenters. The fourth-order valence-electron chi connectivity index (χ4n) is 1.15. The van der Waals surface area contributed by atoms with Crippen LogP contribution in [0.5, 0.6) is 0 Å². The number of fused-ring (bicyclic) bond motifs is 1. The number of aromatic nitrogens is 2. The van der Waals surface area contributed by atoms with E-state index in [-0.39, 0.29) is 11.1 Å². The predicted molar refractivity (Wildman–Crippen MR) is 60.5 cm³/mol. The quantitative estimate of drug-likeness (QED) is 0.761. The van der Waals surface area contributed by atoms with Crippen molar-refractivity contribution in [2.24, 2.45) is 5.73 Å². The van der Waals surface area contributed by atoms with Crippen LogP contribution in [0, 0.1) is 0 Å². The van der Waals surface area contributed by atoms with Crippen LogP contribution in [0.15, 0.2) is 15.3 Å². The Morgan fingerprint density at radius 3 is 3.00 bits per heavy atom. The molecule has 0 bridgehead atoms. The van der Waals surface area contributed by atoms with Crippen LogP contribution in [-0.2, 0) is 0 Å². The molecule has 0 saturated heterocycles. The number of carbonyl (C=O) groups is 1. The Morgan fingerprint density at radius 1 is 1.67 bits per heavy atom. The minimum atomic E-state index is -0.739. The summed E-state index contributed by atoms with van der Waals surface area (Å²) in [5, 5.41) is 0. The van der Waals surface area contributed by atoms with E-state index < -0.39 is 11.3 Å². The number of pyridine rings is 1. The first-order valence-electron chi connectivity index (χ1n) is 3.99. The Hall–Kier alpha value is -1.34. The summed E-state index contributed by atoms with van der Waals surface area (Å²) in [5.74, 6) is -0.739. The van der Waals surface area contributed by atoms with E-state index in [0.29, 0.717) is 4.83 Å². The molecule has 0 aliphatic rings. The van der Waals surface area contributed by atoms with Gasteiger partial charge in [-0.3, -0.25) is 9.59 Å². The van der Waals surface area contributed by atoms with E-state index >= 15 is 0 Å². The zero-order valence-electron chi connectivity index (χ0n) is 7.73. The molecule has 5 nitrogen and oxygen atoms in total. The lowest BCUT2D eigenvalue weighted by Gasteiger charge is -1.92. The molecule has 78 valence electrons. The topological polar surface area (TPSA) is 88.8 Å². The molecular formula is C8H7N3O2S2. The van der Waals surface area contributed by atoms with Crippen molar-refractivity contribution in [3.8, 4) is 0 Å². The lowest BCUT2D eigenvalue weighted by Crippen LogP contribution is -2.21. The summed E-state index contributed by atoms with van der Waals surface area (Å²) in [6.07, 6.45) is 3.20. The van der Waals surface area contributed by atoms with Crippen LogP contribution in [0.25, 0.3) is 10.3 Å². The Morgan fingerprint density at radius 2 is 2.40 bits per heavy atom. The first-order chi connectivity index (χ1) is 7.13. The molecule has 0 aromatic carbocycles. The van der Waals surface area contributed by atoms with Gasteiger partial charge in [-0.25, -0.2) is 4.98 Å². The molecular weight excluding hydrogens is 234 g/mol. The van der Waals surface area contributed by atoms with Crippen molar-refractivity contribution in [1.82, 2.24) is 9.97 Å². The molecule has 0 aliphatic carbocycles. The summed E-state index contributed by atoms with van der Waals surface area (Å²) < 4.78 is 0.778. The smallest absolute Gasteiger partial charge is 0.254 e. The molecule has 0 saturated carbocycles. The molecule has 0 fully saturated rings. The zero-order valence-corrected chi connectivity index (χ0v) is 9.37. The zero-order chi connectivity index (χ0) is 11.0. The molecule has 2 aromatic heterocycles. The number of nitrogens with one attached hydrogen (secondary N) is 1. The number of rotatable bonds is 2. The van der Waals surface area contributed by atoms with Gasteiger partial charge in [0.2, 0.25) is 5.43 Å². The summed E-state index contributed by atoms with van der Waals surface area (Å²) in [5.41, 5.74) is 4.87. The van der Waals surface area contributed by atoms with Crippen molar-refractivity contribution >= 4 is 39.4 Å². The van der Waals surface area contributed by atoms with Crippen LogP contribution in [-0.4, -0.2) is 22.1 Å². The van der Waals surface area contributed by atoms with Crippen LogP contribution >= 0.6 is 23.1 Å². The van der Waals surface area contributed by atoms with E-state index in [4.69, 9.17) is 5.73 Å². The highest BCUT2D eigenvalue weighted by Crippen LogP contribution is 2.24. The minimum Gasteiger partial charge on any atom is -0.365 e. The summed E-state index contributed by atoms with van der Waals surface area (Å²) in [6, 6.07) is 0. The Kier molecular flexibility index (Phi) is 2.49. The first kappa shape index (κ1) is 10.2. The molecule has 0 radical (unpaired) electrons. The molecule has 15 heavy (non-hydrogen) atoms. The summed E-state index contributed by atoms with van der Waals surface area (Å²) >= 11 is 2.83. The molecule has 0 spiro atoms. The highest BCUT2D eigenvalue weighted by atomic mass is 32.2. The van der Waals surface area contributed by atoms with Crippen LogP contribution in [0.3, 0.4) is 0 Å². The molecule has 2 rings (SSSR count). The van der Waals surface area contributed by atoms with E-state index in [2.05, 4.69) is 9.97 Å². The number of primary amides is 1. The molecule has 2 aromatic rings. The summed E-state index contributed by atoms with van der Waals surface area (Å²) in [7, 11) is 0. The molecule has 0 atom stereocenters. The third-order valence-corrected chi connectivity index (χ3v) is 3.83. The number of aromatic amines is 1. The van der Waals surface area contributed by atoms with Gasteiger partial charge in [0.1, 0.15) is 15.9 Å². The van der Waals surface area contributed by atoms with Crippen LogP contribution in [0.2, 0.25) is 0 Å². The summed E-state index contributed by atoms with van der Waals surface area (Å²) in [6.45, 7) is 0. The lowest BCUT2D eigenvalue weighted by molar-refractivity contribution is 0.0999. The predicted octanol–water partition coefficient (Wildman–Crippen LogP) is 0.805. The van der Waals surface area contributed by atoms with Crippen molar-refractivity contribution in [2.45, 2.75) is 4.34 Å². The van der Waals surface area contributed by atoms with Crippen LogP contribution in [0.1, 0.15) is 10.4 Å². The SMILES string of the molecule is CSc1nc2c(=O)c(C(N)=O)c[nH]c2s1. The minimum absolute atomic E-state index is 0.0551. The third kappa shape index (κ3) is 1.64. The van der Waals surface area contributed by atoms with E-state index in [1.165, 1.54) is 29.3 Å². The first-order valence-corrected chi connectivity index (χ1v) is 6.03. The standard InChI is InChI=1S/C8H7N3O2S2/c1-14-8-11-4-5(12)3(6(9)13)2-10-7(4)15-8/h2H,1H3,(H2,9,13)(H,10,12). The van der Waals surface area contributed by atoms with Crippen molar-refractivity contribution in [2.75, 3.05) is 6.26 Å². The van der Waals surface area contributed by atoms with Gasteiger partial charge in [-0.2, -0.15) is 0 Å². The van der Waals surface area contributed by atoms with Gasteiger partial charge in [-0.05, 0) is 6.26 Å². The number of nitrogens with two attached hydrogens (primary N) is 1. The van der Waals surface area contributed by atoms with Crippen LogP contribution < -0.4 is 11.2 Å². The van der Waals surface area contributed by atoms with Crippen molar-refractivity contribution < 1.29 is 4.79 Å². The molecule has 2 heterocycles. The molecule has 7 heteroatoms. The second-order valence-electron chi connectivity index (χ2n) is 2.76. The average Bonchev–Trinajstić information content (AvgIpc) is 2.61. The van der Waals surface area contributed by atoms with Gasteiger partial charge < -0.3 is 10.7 Å². The average molecular weight is 241 g/mol. The Balaban J connectivity index is 2.78. The number of hydrogen-bond acceptors (Lipinski definition) is 5. The molecule has 3 N–H and O–H groups in total. The fourth-order valence-corrected chi connectivity index (χ4v) is 2.58. The second kappa shape index (κ2) is 3.67. The largest absolute Gasteiger partial charge is 0.365 e. The maximum Gasteiger partial charge on any atom is 0.254 e. The van der Waals surface area contributed by atoms with E-state index in [9.17, 15) is 9.59 Å². The summed E-state index contributed by atoms with van der Waals surface area (Å²) in [4.78, 5) is 30.2. The van der Waals surface area contributed by atoms with Crippen molar-refractivity contribution in [1.29, 1.82) is 0 Å². The lowest BCUT2D eigenvalue weighted by atomic mass is 10.2. The maximum absolute atomic E-state index is 11.7. The highest BCUT2D eigenvalue weighted by Gasteiger charge is 2.13. The number of carbonyl (C=O) groups excluding carboxylic acids is 1. The molecule has 1 amide bonds. The van der Waals surface area contributed by atoms with E-state index in [1.54, 1.807) is 0 Å². The van der Waals surface area contributed by atoms with Crippen molar-refractivity contribution in [3.63, 3.8) is 0 Å². The van der Waals surface area contributed by atoms with Gasteiger partial charge in [0, 0.05) is 6.20 Å². The Labute approximate surface area is 92.7 Å². The third-order valence-electron chi connectivity index (χ3n) is 1.85. The number of thiazole rings is 1. The van der Waals surface area contributed by atoms with Gasteiger partial charge in [0.15, 0.2) is 4.34 Å². The van der Waals surface area contributed by atoms with E-state index in [1.807, 2.05) is 6.26 Å². The van der Waals surface area contributed by atoms with Gasteiger partial charge in [0.05, 0.1) is 0 Å². The number of H-pyrrole nitrogens is 1. The van der Waals surface area contributed by atoms with Gasteiger partial charge in [-0.15, -0.1) is 0 Å². The second-order valence-corrected chi connectivity index (χ2v) is 4.81. The Bertz CT molecular complexity index is 587. The monoisotopic (exact) mass is 241 g/mol. The number of thioether (sulfide) groups is 1. The van der Waals surface area contributed by atoms with Crippen LogP contribution in [0.4, 0.5) is 0 Å². The van der Waals surface area contributed by atoms with Crippen molar-refractivity contribution in [3.05, 3.63) is 22.0 Å². The van der Waals surface area contributed by atoms with Gasteiger partial charge >= 0.3 is 0 Å². The maximum atomic E-state index is 11.7. The van der Waals surface area contributed by atoms with Gasteiger partial charge in [0.25, 0.3) is 5.91 Å². The van der Waals surface area contributed by atoms with Gasteiger partial charge in [-0.1, -0.05) is 23.1 Å². The number of nitrogens with zero attached hydrogens (tertiary/aromatic N) is 1. The normalized spacial score (nSPS) is 10.7. The molecule has 0 aliphatic heterocycles. The number of amides is 1.